The van der Waals surface area contributed by atoms with E-state index in [0.29, 0.717) is 12.5 Å². The van der Waals surface area contributed by atoms with Gasteiger partial charge in [0.25, 0.3) is 0 Å². The van der Waals surface area contributed by atoms with Crippen molar-refractivity contribution in [1.29, 1.82) is 0 Å². The molecule has 1 heterocycles. The number of nitrogens with zero attached hydrogens (tertiary/aromatic N) is 2. The van der Waals surface area contributed by atoms with Crippen LogP contribution in [0, 0.1) is 17.8 Å². The Balaban J connectivity index is 0.00000364. The number of para-hydroxylation sites is 1. The highest BCUT2D eigenvalue weighted by molar-refractivity contribution is 14.0. The van der Waals surface area contributed by atoms with E-state index in [1.807, 2.05) is 18.2 Å². The zero-order valence-corrected chi connectivity index (χ0v) is 19.3. The van der Waals surface area contributed by atoms with Crippen LogP contribution in [0.2, 0.25) is 0 Å². The van der Waals surface area contributed by atoms with Gasteiger partial charge in [-0.3, -0.25) is 9.79 Å². The number of hydrogen-bond donors (Lipinski definition) is 2. The Kier molecular flexibility index (Phi) is 9.90. The van der Waals surface area contributed by atoms with E-state index in [0.717, 1.165) is 24.7 Å². The summed E-state index contributed by atoms with van der Waals surface area (Å²) in [6.45, 7) is 8.70. The molecule has 0 aliphatic carbocycles. The van der Waals surface area contributed by atoms with Crippen LogP contribution in [-0.2, 0) is 9.53 Å². The Hall–Kier alpha value is -1.51. The Morgan fingerprint density at radius 3 is 2.52 bits per heavy atom. The first-order valence-electron chi connectivity index (χ1n) is 9.31. The van der Waals surface area contributed by atoms with E-state index in [4.69, 9.17) is 4.74 Å². The van der Waals surface area contributed by atoms with Crippen LogP contribution in [0.15, 0.2) is 35.3 Å². The minimum Gasteiger partial charge on any atom is -0.469 e. The second-order valence-corrected chi connectivity index (χ2v) is 7.30. The summed E-state index contributed by atoms with van der Waals surface area (Å²) in [5.41, 5.74) is 1.11. The number of ether oxygens (including phenoxy) is 1. The van der Waals surface area contributed by atoms with Gasteiger partial charge in [-0.25, -0.2) is 0 Å². The Morgan fingerprint density at radius 2 is 1.96 bits per heavy atom. The molecule has 1 saturated heterocycles. The number of carbonyl (C=O) groups is 1. The average molecular weight is 488 g/mol. The quantitative estimate of drug-likeness (QED) is 0.279. The number of esters is 1. The molecule has 1 aliphatic heterocycles. The molecule has 7 heteroatoms. The predicted octanol–water partition coefficient (Wildman–Crippen LogP) is 3.06. The SMILES string of the molecule is CN=C(NCC(Nc1ccccc1)C(C)C)N1CC(C)C(C(=O)OC)C1.I. The second-order valence-electron chi connectivity index (χ2n) is 7.30. The first-order chi connectivity index (χ1) is 12.5. The molecule has 1 fully saturated rings. The number of nitrogens with one attached hydrogen (secondary N) is 2. The van der Waals surface area contributed by atoms with Gasteiger partial charge in [0, 0.05) is 38.4 Å². The van der Waals surface area contributed by atoms with Crippen LogP contribution < -0.4 is 10.6 Å². The summed E-state index contributed by atoms with van der Waals surface area (Å²) in [4.78, 5) is 18.5. The number of likely N-dealkylation sites (tertiary alicyclic amines) is 1. The fourth-order valence-electron chi connectivity index (χ4n) is 3.33. The summed E-state index contributed by atoms with van der Waals surface area (Å²) in [7, 11) is 3.24. The van der Waals surface area contributed by atoms with Gasteiger partial charge in [-0.2, -0.15) is 0 Å². The third kappa shape index (κ3) is 6.55. The Bertz CT molecular complexity index is 609. The maximum atomic E-state index is 11.9. The summed E-state index contributed by atoms with van der Waals surface area (Å²) >= 11 is 0. The van der Waals surface area contributed by atoms with Gasteiger partial charge >= 0.3 is 5.97 Å². The zero-order chi connectivity index (χ0) is 19.1. The van der Waals surface area contributed by atoms with E-state index < -0.39 is 0 Å². The molecule has 0 radical (unpaired) electrons. The van der Waals surface area contributed by atoms with E-state index in [2.05, 4.69) is 53.4 Å². The molecule has 6 nitrogen and oxygen atoms in total. The van der Waals surface area contributed by atoms with E-state index in [1.165, 1.54) is 7.11 Å². The highest BCUT2D eigenvalue weighted by Crippen LogP contribution is 2.24. The fourth-order valence-corrected chi connectivity index (χ4v) is 3.33. The van der Waals surface area contributed by atoms with Crippen molar-refractivity contribution in [3.05, 3.63) is 30.3 Å². The lowest BCUT2D eigenvalue weighted by Gasteiger charge is -2.27. The number of hydrogen-bond acceptors (Lipinski definition) is 4. The molecule has 1 aromatic rings. The number of benzene rings is 1. The highest BCUT2D eigenvalue weighted by Gasteiger charge is 2.37. The van der Waals surface area contributed by atoms with Crippen LogP contribution in [0.5, 0.6) is 0 Å². The Morgan fingerprint density at radius 1 is 1.30 bits per heavy atom. The third-order valence-electron chi connectivity index (χ3n) is 5.04. The molecule has 1 aliphatic rings. The van der Waals surface area contributed by atoms with Crippen molar-refractivity contribution < 1.29 is 9.53 Å². The fraction of sp³-hybridized carbons (Fsp3) is 0.600. The largest absolute Gasteiger partial charge is 0.469 e. The average Bonchev–Trinajstić information content (AvgIpc) is 3.02. The first kappa shape index (κ1) is 23.5. The summed E-state index contributed by atoms with van der Waals surface area (Å²) in [5, 5.41) is 7.06. The monoisotopic (exact) mass is 488 g/mol. The number of guanidine groups is 1. The predicted molar refractivity (Wildman–Crippen MR) is 122 cm³/mol. The van der Waals surface area contributed by atoms with Crippen molar-refractivity contribution in [2.75, 3.05) is 39.1 Å². The molecule has 152 valence electrons. The summed E-state index contributed by atoms with van der Waals surface area (Å²) in [5.74, 6) is 1.32. The minimum absolute atomic E-state index is 0. The standard InChI is InChI=1S/C20H32N4O2.HI/c1-14(2)18(23-16-9-7-6-8-10-16)11-22-20(21-4)24-12-15(3)17(13-24)19(25)26-5;/h6-10,14-15,17-18,23H,11-13H2,1-5H3,(H,21,22);1H. The first-order valence-corrected chi connectivity index (χ1v) is 9.31. The van der Waals surface area contributed by atoms with Crippen molar-refractivity contribution in [3.63, 3.8) is 0 Å². The minimum atomic E-state index is -0.138. The lowest BCUT2D eigenvalue weighted by Crippen LogP contribution is -2.46. The number of anilines is 1. The van der Waals surface area contributed by atoms with Crippen molar-refractivity contribution in [2.24, 2.45) is 22.7 Å². The van der Waals surface area contributed by atoms with Crippen molar-refractivity contribution in [1.82, 2.24) is 10.2 Å². The van der Waals surface area contributed by atoms with E-state index in [-0.39, 0.29) is 47.8 Å². The van der Waals surface area contributed by atoms with Crippen molar-refractivity contribution >= 4 is 41.6 Å². The van der Waals surface area contributed by atoms with Gasteiger partial charge in [0.1, 0.15) is 0 Å². The number of carbonyl (C=O) groups excluding carboxylic acids is 1. The van der Waals surface area contributed by atoms with Crippen LogP contribution in [0.1, 0.15) is 20.8 Å². The van der Waals surface area contributed by atoms with E-state index in [1.54, 1.807) is 7.05 Å². The number of halogens is 1. The van der Waals surface area contributed by atoms with E-state index in [9.17, 15) is 4.79 Å². The number of aliphatic imine (C=N–C) groups is 1. The lowest BCUT2D eigenvalue weighted by atomic mass is 9.99. The maximum Gasteiger partial charge on any atom is 0.310 e. The molecule has 27 heavy (non-hydrogen) atoms. The van der Waals surface area contributed by atoms with Gasteiger partial charge in [0.05, 0.1) is 13.0 Å². The number of methoxy groups -OCH3 is 1. The molecule has 0 amide bonds. The van der Waals surface area contributed by atoms with Crippen molar-refractivity contribution in [3.8, 4) is 0 Å². The van der Waals surface area contributed by atoms with Gasteiger partial charge in [0.15, 0.2) is 5.96 Å². The molecular weight excluding hydrogens is 455 g/mol. The molecule has 0 aromatic heterocycles. The van der Waals surface area contributed by atoms with Crippen LogP contribution in [-0.4, -0.2) is 56.7 Å². The molecule has 3 atom stereocenters. The van der Waals surface area contributed by atoms with Gasteiger partial charge in [-0.15, -0.1) is 24.0 Å². The van der Waals surface area contributed by atoms with E-state index >= 15 is 0 Å². The van der Waals surface area contributed by atoms with Gasteiger partial charge in [-0.05, 0) is 24.0 Å². The molecule has 0 spiro atoms. The van der Waals surface area contributed by atoms with Crippen molar-refractivity contribution in [2.45, 2.75) is 26.8 Å². The topological polar surface area (TPSA) is 66.0 Å². The van der Waals surface area contributed by atoms with Crippen LogP contribution >= 0.6 is 24.0 Å². The molecular formula is C20H33IN4O2. The molecule has 0 bridgehead atoms. The normalized spacial score (nSPS) is 20.8. The molecule has 2 N–H and O–H groups in total. The van der Waals surface area contributed by atoms with Gasteiger partial charge < -0.3 is 20.3 Å². The maximum absolute atomic E-state index is 11.9. The van der Waals surface area contributed by atoms with Gasteiger partial charge in [0.2, 0.25) is 0 Å². The Labute approximate surface area is 180 Å². The summed E-state index contributed by atoms with van der Waals surface area (Å²) < 4.78 is 4.93. The van der Waals surface area contributed by atoms with Crippen LogP contribution in [0.25, 0.3) is 0 Å². The summed E-state index contributed by atoms with van der Waals surface area (Å²) in [6.07, 6.45) is 0. The highest BCUT2D eigenvalue weighted by atomic mass is 127. The molecule has 2 rings (SSSR count). The second kappa shape index (κ2) is 11.4. The third-order valence-corrected chi connectivity index (χ3v) is 5.04. The molecule has 3 unspecified atom stereocenters. The van der Waals surface area contributed by atoms with Gasteiger partial charge in [-0.1, -0.05) is 39.0 Å². The van der Waals surface area contributed by atoms with Crippen LogP contribution in [0.3, 0.4) is 0 Å². The smallest absolute Gasteiger partial charge is 0.310 e. The molecule has 1 aromatic carbocycles. The lowest BCUT2D eigenvalue weighted by molar-refractivity contribution is -0.145. The zero-order valence-electron chi connectivity index (χ0n) is 16.9. The summed E-state index contributed by atoms with van der Waals surface area (Å²) in [6, 6.07) is 10.5. The molecule has 0 saturated carbocycles. The number of rotatable bonds is 6. The van der Waals surface area contributed by atoms with Crippen LogP contribution in [0.4, 0.5) is 5.69 Å².